The number of nitrogens with zero attached hydrogens (tertiary/aromatic N) is 1. The molecule has 1 aliphatic rings. The van der Waals surface area contributed by atoms with Crippen LogP contribution >= 0.6 is 0 Å². The number of hydrogen-bond donors (Lipinski definition) is 2. The highest BCUT2D eigenvalue weighted by molar-refractivity contribution is 7.92. The van der Waals surface area contributed by atoms with E-state index in [4.69, 9.17) is 0 Å². The third kappa shape index (κ3) is 5.53. The van der Waals surface area contributed by atoms with Gasteiger partial charge < -0.3 is 10.2 Å². The molecular formula is C20H21F2N3O4S. The first-order valence-corrected chi connectivity index (χ1v) is 11.1. The van der Waals surface area contributed by atoms with Crippen LogP contribution in [0, 0.1) is 11.6 Å². The summed E-state index contributed by atoms with van der Waals surface area (Å²) in [6.07, 6.45) is 2.03. The maximum atomic E-state index is 13.7. The lowest BCUT2D eigenvalue weighted by atomic mass is 10.0. The van der Waals surface area contributed by atoms with Crippen molar-refractivity contribution >= 4 is 27.5 Å². The van der Waals surface area contributed by atoms with Gasteiger partial charge >= 0.3 is 0 Å². The number of sulfonamides is 1. The Hall–Kier alpha value is -3.01. The number of hydrogen-bond acceptors (Lipinski definition) is 4. The van der Waals surface area contributed by atoms with Gasteiger partial charge in [0.25, 0.3) is 11.8 Å². The van der Waals surface area contributed by atoms with Crippen LogP contribution in [0.25, 0.3) is 0 Å². The fourth-order valence-corrected chi connectivity index (χ4v) is 3.81. The van der Waals surface area contributed by atoms with Gasteiger partial charge in [-0.3, -0.25) is 14.3 Å². The van der Waals surface area contributed by atoms with Gasteiger partial charge in [-0.15, -0.1) is 0 Å². The van der Waals surface area contributed by atoms with Crippen LogP contribution in [0.4, 0.5) is 14.5 Å². The molecule has 3 rings (SSSR count). The van der Waals surface area contributed by atoms with Crippen LogP contribution < -0.4 is 10.0 Å². The van der Waals surface area contributed by atoms with E-state index in [-0.39, 0.29) is 17.5 Å². The van der Waals surface area contributed by atoms with Gasteiger partial charge in [0.05, 0.1) is 11.8 Å². The van der Waals surface area contributed by atoms with Gasteiger partial charge in [0.15, 0.2) is 0 Å². The zero-order chi connectivity index (χ0) is 21.9. The molecule has 1 saturated heterocycles. The highest BCUT2D eigenvalue weighted by Gasteiger charge is 2.25. The van der Waals surface area contributed by atoms with E-state index in [1.807, 2.05) is 0 Å². The van der Waals surface area contributed by atoms with Crippen LogP contribution in [0.3, 0.4) is 0 Å². The highest BCUT2D eigenvalue weighted by atomic mass is 32.2. The number of benzene rings is 2. The Balaban J connectivity index is 1.54. The molecule has 1 aliphatic heterocycles. The monoisotopic (exact) mass is 437 g/mol. The fraction of sp³-hybridized carbons (Fsp3) is 0.300. The molecule has 160 valence electrons. The first kappa shape index (κ1) is 21.7. The maximum Gasteiger partial charge on any atom is 0.254 e. The number of amides is 2. The minimum absolute atomic E-state index is 0.199. The Morgan fingerprint density at radius 2 is 1.67 bits per heavy atom. The van der Waals surface area contributed by atoms with Crippen LogP contribution in [-0.4, -0.2) is 50.5 Å². The van der Waals surface area contributed by atoms with Crippen molar-refractivity contribution in [3.63, 3.8) is 0 Å². The van der Waals surface area contributed by atoms with E-state index in [9.17, 15) is 26.8 Å². The van der Waals surface area contributed by atoms with Crippen molar-refractivity contribution < 1.29 is 26.8 Å². The van der Waals surface area contributed by atoms with E-state index in [0.29, 0.717) is 43.2 Å². The third-order valence-electron chi connectivity index (χ3n) is 4.73. The molecule has 0 aliphatic carbocycles. The van der Waals surface area contributed by atoms with Crippen molar-refractivity contribution in [2.45, 2.75) is 18.9 Å². The normalized spacial score (nSPS) is 15.0. The number of anilines is 1. The van der Waals surface area contributed by atoms with Crippen molar-refractivity contribution in [2.24, 2.45) is 0 Å². The quantitative estimate of drug-likeness (QED) is 0.751. The maximum absolute atomic E-state index is 13.7. The summed E-state index contributed by atoms with van der Waals surface area (Å²) in [5.74, 6) is -2.49. The average Bonchev–Trinajstić information content (AvgIpc) is 2.67. The van der Waals surface area contributed by atoms with Gasteiger partial charge in [-0.2, -0.15) is 0 Å². The molecule has 2 aromatic rings. The number of carbonyl (C=O) groups excluding carboxylic acids is 2. The second kappa shape index (κ2) is 8.78. The molecule has 2 aromatic carbocycles. The van der Waals surface area contributed by atoms with E-state index < -0.39 is 27.6 Å². The smallest absolute Gasteiger partial charge is 0.254 e. The topological polar surface area (TPSA) is 95.6 Å². The summed E-state index contributed by atoms with van der Waals surface area (Å²) < 4.78 is 51.5. The zero-order valence-electron chi connectivity index (χ0n) is 16.2. The van der Waals surface area contributed by atoms with Gasteiger partial charge in [0, 0.05) is 36.4 Å². The summed E-state index contributed by atoms with van der Waals surface area (Å²) >= 11 is 0. The lowest BCUT2D eigenvalue weighted by Crippen LogP contribution is -2.46. The number of likely N-dealkylation sites (tertiary alicyclic amines) is 1. The molecule has 0 aromatic heterocycles. The van der Waals surface area contributed by atoms with E-state index in [1.165, 1.54) is 12.1 Å². The minimum atomic E-state index is -3.39. The molecule has 0 bridgehead atoms. The van der Waals surface area contributed by atoms with Crippen LogP contribution in [0.15, 0.2) is 42.5 Å². The predicted molar refractivity (Wildman–Crippen MR) is 108 cm³/mol. The molecule has 0 saturated carbocycles. The Bertz CT molecular complexity index is 1050. The second-order valence-corrected chi connectivity index (χ2v) is 8.86. The molecule has 1 fully saturated rings. The standard InChI is InChI=1S/C20H21F2N3O4S/c1-30(28,29)24-16-5-2-13(3-6-16)20(27)25-10-8-15(9-11-25)23-19(26)17-7-4-14(21)12-18(17)22/h2-7,12,15,24H,8-11H2,1H3,(H,23,26). The highest BCUT2D eigenvalue weighted by Crippen LogP contribution is 2.17. The molecule has 0 spiro atoms. The molecule has 10 heteroatoms. The lowest BCUT2D eigenvalue weighted by Gasteiger charge is -2.32. The number of rotatable bonds is 5. The second-order valence-electron chi connectivity index (χ2n) is 7.12. The van der Waals surface area contributed by atoms with Crippen LogP contribution in [0.2, 0.25) is 0 Å². The van der Waals surface area contributed by atoms with Gasteiger partial charge in [-0.05, 0) is 49.2 Å². The molecule has 1 heterocycles. The largest absolute Gasteiger partial charge is 0.349 e. The van der Waals surface area contributed by atoms with Gasteiger partial charge in [0.1, 0.15) is 11.6 Å². The predicted octanol–water partition coefficient (Wildman–Crippen LogP) is 2.37. The van der Waals surface area contributed by atoms with E-state index >= 15 is 0 Å². The summed E-state index contributed by atoms with van der Waals surface area (Å²) in [5, 5.41) is 2.72. The summed E-state index contributed by atoms with van der Waals surface area (Å²) in [6.45, 7) is 0.804. The van der Waals surface area contributed by atoms with E-state index in [1.54, 1.807) is 17.0 Å². The van der Waals surface area contributed by atoms with Crippen LogP contribution in [0.5, 0.6) is 0 Å². The zero-order valence-corrected chi connectivity index (χ0v) is 17.0. The number of nitrogens with one attached hydrogen (secondary N) is 2. The summed E-state index contributed by atoms with van der Waals surface area (Å²) in [6, 6.07) is 8.66. The molecule has 2 amide bonds. The summed E-state index contributed by atoms with van der Waals surface area (Å²) in [5.41, 5.74) is 0.561. The Kier molecular flexibility index (Phi) is 6.35. The van der Waals surface area contributed by atoms with Crippen molar-refractivity contribution in [3.8, 4) is 0 Å². The first-order chi connectivity index (χ1) is 14.1. The molecule has 0 unspecified atom stereocenters. The molecule has 7 nitrogen and oxygen atoms in total. The SMILES string of the molecule is CS(=O)(=O)Nc1ccc(C(=O)N2CCC(NC(=O)c3ccc(F)cc3F)CC2)cc1. The van der Waals surface area contributed by atoms with Crippen LogP contribution in [0.1, 0.15) is 33.6 Å². The molecule has 0 atom stereocenters. The fourth-order valence-electron chi connectivity index (χ4n) is 3.24. The lowest BCUT2D eigenvalue weighted by molar-refractivity contribution is 0.0698. The molecule has 0 radical (unpaired) electrons. The van der Waals surface area contributed by atoms with Crippen molar-refractivity contribution in [1.82, 2.24) is 10.2 Å². The van der Waals surface area contributed by atoms with E-state index in [2.05, 4.69) is 10.0 Å². The molecule has 2 N–H and O–H groups in total. The first-order valence-electron chi connectivity index (χ1n) is 9.25. The minimum Gasteiger partial charge on any atom is -0.349 e. The van der Waals surface area contributed by atoms with E-state index in [0.717, 1.165) is 18.4 Å². The third-order valence-corrected chi connectivity index (χ3v) is 5.33. The summed E-state index contributed by atoms with van der Waals surface area (Å²) in [4.78, 5) is 26.5. The Morgan fingerprint density at radius 1 is 1.03 bits per heavy atom. The van der Waals surface area contributed by atoms with Crippen molar-refractivity contribution in [1.29, 1.82) is 0 Å². The summed E-state index contributed by atoms with van der Waals surface area (Å²) in [7, 11) is -3.39. The average molecular weight is 437 g/mol. The van der Waals surface area contributed by atoms with Gasteiger partial charge in [-0.25, -0.2) is 17.2 Å². The van der Waals surface area contributed by atoms with Crippen molar-refractivity contribution in [2.75, 3.05) is 24.1 Å². The van der Waals surface area contributed by atoms with Crippen molar-refractivity contribution in [3.05, 3.63) is 65.2 Å². The number of halogens is 2. The Labute approximate surface area is 173 Å². The van der Waals surface area contributed by atoms with Crippen LogP contribution in [-0.2, 0) is 10.0 Å². The molecular weight excluding hydrogens is 416 g/mol. The van der Waals surface area contributed by atoms with Gasteiger partial charge in [0.2, 0.25) is 10.0 Å². The number of piperidine rings is 1. The van der Waals surface area contributed by atoms with Gasteiger partial charge in [-0.1, -0.05) is 0 Å². The Morgan fingerprint density at radius 3 is 2.23 bits per heavy atom. The number of carbonyl (C=O) groups is 2. The molecule has 30 heavy (non-hydrogen) atoms.